The number of nitrogens with zero attached hydrogens (tertiary/aromatic N) is 1. The predicted octanol–water partition coefficient (Wildman–Crippen LogP) is 2.07. The van der Waals surface area contributed by atoms with E-state index in [-0.39, 0.29) is 17.7 Å². The van der Waals surface area contributed by atoms with E-state index in [1.165, 1.54) is 0 Å². The van der Waals surface area contributed by atoms with Crippen molar-refractivity contribution in [2.75, 3.05) is 18.2 Å². The molecule has 1 fully saturated rings. The number of sulfonamides is 1. The van der Waals surface area contributed by atoms with Gasteiger partial charge in [-0.15, -0.1) is 11.6 Å². The van der Waals surface area contributed by atoms with Crippen LogP contribution in [0.5, 0.6) is 0 Å². The summed E-state index contributed by atoms with van der Waals surface area (Å²) in [4.78, 5) is 0. The topological polar surface area (TPSA) is 37.4 Å². The summed E-state index contributed by atoms with van der Waals surface area (Å²) in [5, 5.41) is 0. The molecule has 0 radical (unpaired) electrons. The lowest BCUT2D eigenvalue weighted by Crippen LogP contribution is -2.36. The molecular weight excluding hydrogens is 234 g/mol. The van der Waals surface area contributed by atoms with Crippen LogP contribution in [0, 0.1) is 5.92 Å². The van der Waals surface area contributed by atoms with E-state index in [9.17, 15) is 8.42 Å². The average molecular weight is 254 g/mol. The Kier molecular flexibility index (Phi) is 4.87. The SMILES string of the molecule is CC(C)CCN(C1CC1)S(=O)(=O)CCCl. The highest BCUT2D eigenvalue weighted by Gasteiger charge is 2.36. The van der Waals surface area contributed by atoms with Crippen molar-refractivity contribution >= 4 is 21.6 Å². The van der Waals surface area contributed by atoms with Gasteiger partial charge < -0.3 is 0 Å². The maximum atomic E-state index is 11.9. The Morgan fingerprint density at radius 3 is 2.40 bits per heavy atom. The molecule has 1 aliphatic rings. The predicted molar refractivity (Wildman–Crippen MR) is 63.7 cm³/mol. The van der Waals surface area contributed by atoms with Crippen LogP contribution < -0.4 is 0 Å². The van der Waals surface area contributed by atoms with Crippen LogP contribution in [0.4, 0.5) is 0 Å². The van der Waals surface area contributed by atoms with E-state index in [0.717, 1.165) is 19.3 Å². The smallest absolute Gasteiger partial charge is 0.212 e. The van der Waals surface area contributed by atoms with Gasteiger partial charge in [0.2, 0.25) is 10.0 Å². The molecule has 0 aromatic carbocycles. The molecule has 1 aliphatic carbocycles. The lowest BCUT2D eigenvalue weighted by Gasteiger charge is -2.22. The molecule has 0 heterocycles. The largest absolute Gasteiger partial charge is 0.215 e. The molecule has 0 aromatic heterocycles. The van der Waals surface area contributed by atoms with Crippen LogP contribution in [0.25, 0.3) is 0 Å². The van der Waals surface area contributed by atoms with Crippen LogP contribution in [-0.2, 0) is 10.0 Å². The summed E-state index contributed by atoms with van der Waals surface area (Å²) in [5.41, 5.74) is 0. The third-order valence-corrected chi connectivity index (χ3v) is 4.90. The first-order valence-corrected chi connectivity index (χ1v) is 7.67. The van der Waals surface area contributed by atoms with E-state index >= 15 is 0 Å². The van der Waals surface area contributed by atoms with Crippen molar-refractivity contribution in [3.8, 4) is 0 Å². The van der Waals surface area contributed by atoms with Crippen LogP contribution in [0.1, 0.15) is 33.1 Å². The van der Waals surface area contributed by atoms with E-state index in [1.54, 1.807) is 4.31 Å². The van der Waals surface area contributed by atoms with Crippen molar-refractivity contribution in [2.24, 2.45) is 5.92 Å². The highest BCUT2D eigenvalue weighted by atomic mass is 35.5. The van der Waals surface area contributed by atoms with Gasteiger partial charge in [0.25, 0.3) is 0 Å². The first kappa shape index (κ1) is 13.3. The lowest BCUT2D eigenvalue weighted by atomic mass is 10.1. The average Bonchev–Trinajstić information content (AvgIpc) is 2.87. The minimum absolute atomic E-state index is 0.0726. The molecule has 1 rings (SSSR count). The maximum absolute atomic E-state index is 11.9. The molecule has 1 saturated carbocycles. The molecule has 0 N–H and O–H groups in total. The van der Waals surface area contributed by atoms with Gasteiger partial charge in [-0.1, -0.05) is 13.8 Å². The number of rotatable bonds is 7. The molecule has 0 bridgehead atoms. The van der Waals surface area contributed by atoms with Crippen LogP contribution in [0.2, 0.25) is 0 Å². The van der Waals surface area contributed by atoms with Crippen molar-refractivity contribution in [1.82, 2.24) is 4.31 Å². The Balaban J connectivity index is 2.57. The molecule has 5 heteroatoms. The summed E-state index contributed by atoms with van der Waals surface area (Å²) >= 11 is 5.51. The Bertz CT molecular complexity index is 286. The van der Waals surface area contributed by atoms with Crippen molar-refractivity contribution in [2.45, 2.75) is 39.2 Å². The molecule has 0 atom stereocenters. The van der Waals surface area contributed by atoms with E-state index < -0.39 is 10.0 Å². The van der Waals surface area contributed by atoms with Crippen LogP contribution in [0.3, 0.4) is 0 Å². The van der Waals surface area contributed by atoms with E-state index in [4.69, 9.17) is 11.6 Å². The standard InChI is InChI=1S/C10H20ClNO2S/c1-9(2)5-7-12(10-3-4-10)15(13,14)8-6-11/h9-10H,3-8H2,1-2H3. The van der Waals surface area contributed by atoms with Crippen LogP contribution >= 0.6 is 11.6 Å². The zero-order chi connectivity index (χ0) is 11.5. The van der Waals surface area contributed by atoms with Crippen LogP contribution in [0.15, 0.2) is 0 Å². The summed E-state index contributed by atoms with van der Waals surface area (Å²) in [7, 11) is -3.10. The Morgan fingerprint density at radius 2 is 2.00 bits per heavy atom. The fourth-order valence-corrected chi connectivity index (χ4v) is 3.57. The van der Waals surface area contributed by atoms with Gasteiger partial charge >= 0.3 is 0 Å². The fourth-order valence-electron chi connectivity index (χ4n) is 1.51. The van der Waals surface area contributed by atoms with Gasteiger partial charge in [0.05, 0.1) is 5.75 Å². The minimum atomic E-state index is -3.10. The molecule has 0 aromatic rings. The Hall–Kier alpha value is 0.200. The molecule has 15 heavy (non-hydrogen) atoms. The highest BCUT2D eigenvalue weighted by molar-refractivity contribution is 7.89. The minimum Gasteiger partial charge on any atom is -0.212 e. The van der Waals surface area contributed by atoms with Crippen molar-refractivity contribution in [1.29, 1.82) is 0 Å². The Labute approximate surface area is 97.8 Å². The summed E-state index contributed by atoms with van der Waals surface area (Å²) in [6.45, 7) is 4.88. The van der Waals surface area contributed by atoms with Gasteiger partial charge in [-0.2, -0.15) is 4.31 Å². The summed E-state index contributed by atoms with van der Waals surface area (Å²) in [6.07, 6.45) is 2.96. The van der Waals surface area contributed by atoms with Gasteiger partial charge in [-0.05, 0) is 25.2 Å². The number of hydrogen-bond acceptors (Lipinski definition) is 2. The third-order valence-electron chi connectivity index (χ3n) is 2.57. The summed E-state index contributed by atoms with van der Waals surface area (Å²) < 4.78 is 25.4. The Morgan fingerprint density at radius 1 is 1.40 bits per heavy atom. The molecular formula is C10H20ClNO2S. The molecule has 0 aliphatic heterocycles. The first-order valence-electron chi connectivity index (χ1n) is 5.53. The zero-order valence-corrected chi connectivity index (χ0v) is 11.0. The van der Waals surface area contributed by atoms with Crippen molar-refractivity contribution in [3.05, 3.63) is 0 Å². The molecule has 0 spiro atoms. The quantitative estimate of drug-likeness (QED) is 0.652. The maximum Gasteiger partial charge on any atom is 0.215 e. The third kappa shape index (κ3) is 4.29. The monoisotopic (exact) mass is 253 g/mol. The summed E-state index contributed by atoms with van der Waals surface area (Å²) in [6, 6.07) is 0.261. The molecule has 0 amide bonds. The number of halogens is 1. The van der Waals surface area contributed by atoms with Gasteiger partial charge in [0.15, 0.2) is 0 Å². The van der Waals surface area contributed by atoms with Crippen LogP contribution in [-0.4, -0.2) is 36.9 Å². The van der Waals surface area contributed by atoms with Gasteiger partial charge in [0, 0.05) is 18.5 Å². The molecule has 3 nitrogen and oxygen atoms in total. The molecule has 0 saturated heterocycles. The van der Waals surface area contributed by atoms with Crippen molar-refractivity contribution in [3.63, 3.8) is 0 Å². The summed E-state index contributed by atoms with van der Waals surface area (Å²) in [5.74, 6) is 0.800. The van der Waals surface area contributed by atoms with E-state index in [1.807, 2.05) is 0 Å². The van der Waals surface area contributed by atoms with E-state index in [2.05, 4.69) is 13.8 Å². The van der Waals surface area contributed by atoms with Gasteiger partial charge in [-0.3, -0.25) is 0 Å². The van der Waals surface area contributed by atoms with E-state index in [0.29, 0.717) is 12.5 Å². The zero-order valence-electron chi connectivity index (χ0n) is 9.45. The molecule has 90 valence electrons. The normalized spacial score (nSPS) is 17.7. The lowest BCUT2D eigenvalue weighted by molar-refractivity contribution is 0.374. The second-order valence-corrected chi connectivity index (χ2v) is 6.95. The first-order chi connectivity index (χ1) is 6.97. The highest BCUT2D eigenvalue weighted by Crippen LogP contribution is 2.30. The number of hydrogen-bond donors (Lipinski definition) is 0. The second-order valence-electron chi connectivity index (χ2n) is 4.53. The molecule has 0 unspecified atom stereocenters. The fraction of sp³-hybridized carbons (Fsp3) is 1.00. The number of alkyl halides is 1. The second kappa shape index (κ2) is 5.51. The van der Waals surface area contributed by atoms with Crippen molar-refractivity contribution < 1.29 is 8.42 Å². The van der Waals surface area contributed by atoms with Gasteiger partial charge in [0.1, 0.15) is 0 Å². The van der Waals surface area contributed by atoms with Gasteiger partial charge in [-0.25, -0.2) is 8.42 Å².